The van der Waals surface area contributed by atoms with Gasteiger partial charge in [0.1, 0.15) is 0 Å². The summed E-state index contributed by atoms with van der Waals surface area (Å²) in [6.07, 6.45) is 0. The number of benzene rings is 8. The second-order valence-electron chi connectivity index (χ2n) is 10.5. The van der Waals surface area contributed by atoms with Crippen molar-refractivity contribution in [3.05, 3.63) is 158 Å². The Labute approximate surface area is 233 Å². The third kappa shape index (κ3) is 3.69. The summed E-state index contributed by atoms with van der Waals surface area (Å²) in [6, 6.07) is 57.7. The van der Waals surface area contributed by atoms with Crippen molar-refractivity contribution >= 4 is 43.1 Å². The molecule has 0 amide bonds. The fourth-order valence-electron chi connectivity index (χ4n) is 6.27. The van der Waals surface area contributed by atoms with Crippen molar-refractivity contribution in [3.8, 4) is 33.4 Å². The van der Waals surface area contributed by atoms with Gasteiger partial charge in [0.15, 0.2) is 0 Å². The number of rotatable bonds is 3. The molecule has 0 atom stereocenters. The van der Waals surface area contributed by atoms with Crippen LogP contribution in [0, 0.1) is 0 Å². The summed E-state index contributed by atoms with van der Waals surface area (Å²) in [7, 11) is 0. The maximum atomic E-state index is 2.43. The molecule has 0 bridgehead atoms. The second-order valence-corrected chi connectivity index (χ2v) is 10.5. The normalized spacial score (nSPS) is 11.5. The summed E-state index contributed by atoms with van der Waals surface area (Å²) in [4.78, 5) is 0. The molecule has 186 valence electrons. The van der Waals surface area contributed by atoms with Crippen molar-refractivity contribution < 1.29 is 0 Å². The minimum atomic E-state index is 1.23. The lowest BCUT2D eigenvalue weighted by atomic mass is 9.85. The smallest absolute Gasteiger partial charge is 0.00923 e. The molecule has 0 saturated heterocycles. The SMILES string of the molecule is c1ccc(-c2cc3ccc4ccccc4c3cc2-c2cc3c(ccc4ccccc43)cc2-c2ccccc2)cc1. The van der Waals surface area contributed by atoms with E-state index in [0.717, 1.165) is 0 Å². The summed E-state index contributed by atoms with van der Waals surface area (Å²) < 4.78 is 0. The van der Waals surface area contributed by atoms with Gasteiger partial charge in [0, 0.05) is 0 Å². The van der Waals surface area contributed by atoms with Crippen LogP contribution in [0.5, 0.6) is 0 Å². The van der Waals surface area contributed by atoms with Gasteiger partial charge < -0.3 is 0 Å². The first-order chi connectivity index (χ1) is 19.8. The molecule has 0 aliphatic heterocycles. The van der Waals surface area contributed by atoms with Crippen LogP contribution in [0.15, 0.2) is 158 Å². The Bertz CT molecular complexity index is 2030. The lowest BCUT2D eigenvalue weighted by Gasteiger charge is -2.19. The van der Waals surface area contributed by atoms with Crippen molar-refractivity contribution in [2.75, 3.05) is 0 Å². The first kappa shape index (κ1) is 22.8. The lowest BCUT2D eigenvalue weighted by molar-refractivity contribution is 1.60. The van der Waals surface area contributed by atoms with Crippen LogP contribution in [0.4, 0.5) is 0 Å². The molecule has 0 aromatic heterocycles. The van der Waals surface area contributed by atoms with Gasteiger partial charge in [0.05, 0.1) is 0 Å². The molecule has 0 aliphatic rings. The van der Waals surface area contributed by atoms with Crippen LogP contribution in [0.25, 0.3) is 76.5 Å². The summed E-state index contributed by atoms with van der Waals surface area (Å²) >= 11 is 0. The molecule has 40 heavy (non-hydrogen) atoms. The molecule has 0 heterocycles. The summed E-state index contributed by atoms with van der Waals surface area (Å²) in [5, 5.41) is 10.2. The maximum Gasteiger partial charge on any atom is -0.00923 e. The Morgan fingerprint density at radius 1 is 0.225 bits per heavy atom. The van der Waals surface area contributed by atoms with Crippen LogP contribution >= 0.6 is 0 Å². The predicted molar refractivity (Wildman–Crippen MR) is 173 cm³/mol. The van der Waals surface area contributed by atoms with E-state index in [1.54, 1.807) is 0 Å². The van der Waals surface area contributed by atoms with Gasteiger partial charge in [-0.15, -0.1) is 0 Å². The van der Waals surface area contributed by atoms with Gasteiger partial charge in [-0.05, 0) is 101 Å². The van der Waals surface area contributed by atoms with Gasteiger partial charge in [-0.3, -0.25) is 0 Å². The molecule has 0 saturated carbocycles. The van der Waals surface area contributed by atoms with Gasteiger partial charge in [-0.25, -0.2) is 0 Å². The Balaban J connectivity index is 1.55. The second kappa shape index (κ2) is 9.22. The molecule has 0 nitrogen and oxygen atoms in total. The van der Waals surface area contributed by atoms with E-state index in [-0.39, 0.29) is 0 Å². The molecule has 8 aromatic carbocycles. The van der Waals surface area contributed by atoms with Gasteiger partial charge in [0.25, 0.3) is 0 Å². The fraction of sp³-hybridized carbons (Fsp3) is 0. The van der Waals surface area contributed by atoms with E-state index < -0.39 is 0 Å². The van der Waals surface area contributed by atoms with Gasteiger partial charge in [-0.1, -0.05) is 133 Å². The fourth-order valence-corrected chi connectivity index (χ4v) is 6.27. The lowest BCUT2D eigenvalue weighted by Crippen LogP contribution is -1.92. The maximum absolute atomic E-state index is 2.43. The molecule has 8 aromatic rings. The van der Waals surface area contributed by atoms with Crippen LogP contribution in [-0.4, -0.2) is 0 Å². The Kier molecular flexibility index (Phi) is 5.24. The summed E-state index contributed by atoms with van der Waals surface area (Å²) in [6.45, 7) is 0. The molecular formula is C40H26. The predicted octanol–water partition coefficient (Wildman–Crippen LogP) is 11.3. The van der Waals surface area contributed by atoms with Gasteiger partial charge in [0.2, 0.25) is 0 Å². The summed E-state index contributed by atoms with van der Waals surface area (Å²) in [5.74, 6) is 0. The van der Waals surface area contributed by atoms with E-state index in [0.29, 0.717) is 0 Å². The van der Waals surface area contributed by atoms with E-state index in [1.165, 1.54) is 76.5 Å². The number of hydrogen-bond donors (Lipinski definition) is 0. The van der Waals surface area contributed by atoms with Crippen LogP contribution in [-0.2, 0) is 0 Å². The minimum Gasteiger partial charge on any atom is -0.0622 e. The van der Waals surface area contributed by atoms with E-state index in [1.807, 2.05) is 0 Å². The highest BCUT2D eigenvalue weighted by Gasteiger charge is 2.17. The molecule has 8 rings (SSSR count). The van der Waals surface area contributed by atoms with E-state index >= 15 is 0 Å². The highest BCUT2D eigenvalue weighted by atomic mass is 14.2. The zero-order valence-electron chi connectivity index (χ0n) is 22.0. The average molecular weight is 507 g/mol. The first-order valence-electron chi connectivity index (χ1n) is 13.9. The largest absolute Gasteiger partial charge is 0.0622 e. The highest BCUT2D eigenvalue weighted by Crippen LogP contribution is 2.44. The van der Waals surface area contributed by atoms with E-state index in [4.69, 9.17) is 0 Å². The van der Waals surface area contributed by atoms with E-state index in [2.05, 4.69) is 158 Å². The van der Waals surface area contributed by atoms with Gasteiger partial charge in [-0.2, -0.15) is 0 Å². The van der Waals surface area contributed by atoms with Crippen LogP contribution in [0.3, 0.4) is 0 Å². The summed E-state index contributed by atoms with van der Waals surface area (Å²) in [5.41, 5.74) is 7.46. The van der Waals surface area contributed by atoms with Crippen molar-refractivity contribution in [1.29, 1.82) is 0 Å². The molecule has 0 radical (unpaired) electrons. The zero-order chi connectivity index (χ0) is 26.5. The average Bonchev–Trinajstić information content (AvgIpc) is 3.04. The topological polar surface area (TPSA) is 0 Å². The van der Waals surface area contributed by atoms with Crippen molar-refractivity contribution in [2.24, 2.45) is 0 Å². The third-order valence-electron chi connectivity index (χ3n) is 8.23. The molecule has 0 N–H and O–H groups in total. The molecule has 0 aliphatic carbocycles. The molecule has 0 unspecified atom stereocenters. The molecule has 0 spiro atoms. The standard InChI is InChI=1S/C40H26/c1-3-11-27(12-4-1)35-23-31-21-19-29-15-7-9-17-33(29)37(31)25-39(35)40-26-38-32(22-20-30-16-8-10-18-34(30)38)24-36(40)28-13-5-2-6-14-28/h1-26H. The first-order valence-corrected chi connectivity index (χ1v) is 13.9. The number of hydrogen-bond acceptors (Lipinski definition) is 0. The van der Waals surface area contributed by atoms with Gasteiger partial charge >= 0.3 is 0 Å². The zero-order valence-corrected chi connectivity index (χ0v) is 22.0. The van der Waals surface area contributed by atoms with Crippen molar-refractivity contribution in [3.63, 3.8) is 0 Å². The van der Waals surface area contributed by atoms with Crippen LogP contribution in [0.2, 0.25) is 0 Å². The minimum absolute atomic E-state index is 1.23. The molecular weight excluding hydrogens is 480 g/mol. The Morgan fingerprint density at radius 2 is 0.600 bits per heavy atom. The van der Waals surface area contributed by atoms with E-state index in [9.17, 15) is 0 Å². The Hall–Kier alpha value is -5.20. The van der Waals surface area contributed by atoms with Crippen molar-refractivity contribution in [2.45, 2.75) is 0 Å². The quantitative estimate of drug-likeness (QED) is 0.209. The van der Waals surface area contributed by atoms with Crippen LogP contribution < -0.4 is 0 Å². The van der Waals surface area contributed by atoms with Crippen molar-refractivity contribution in [1.82, 2.24) is 0 Å². The highest BCUT2D eigenvalue weighted by molar-refractivity contribution is 6.14. The molecule has 0 fully saturated rings. The Morgan fingerprint density at radius 3 is 1.05 bits per heavy atom. The number of fused-ring (bicyclic) bond motifs is 6. The van der Waals surface area contributed by atoms with Crippen LogP contribution in [0.1, 0.15) is 0 Å². The molecule has 0 heteroatoms. The third-order valence-corrected chi connectivity index (χ3v) is 8.23. The monoisotopic (exact) mass is 506 g/mol.